The zero-order valence-corrected chi connectivity index (χ0v) is 12.0. The van der Waals surface area contributed by atoms with Gasteiger partial charge in [0.2, 0.25) is 0 Å². The highest BCUT2D eigenvalue weighted by Crippen LogP contribution is 2.59. The monoisotopic (exact) mass is 265 g/mol. The molecule has 5 rings (SSSR count). The lowest BCUT2D eigenvalue weighted by atomic mass is 9.57. The molecule has 1 aromatic rings. The third kappa shape index (κ3) is 1.04. The summed E-state index contributed by atoms with van der Waals surface area (Å²) in [4.78, 5) is 0. The average molecular weight is 265 g/mol. The van der Waals surface area contributed by atoms with Crippen LogP contribution in [0.1, 0.15) is 30.0 Å². The van der Waals surface area contributed by atoms with Crippen molar-refractivity contribution in [2.24, 2.45) is 0 Å². The van der Waals surface area contributed by atoms with Gasteiger partial charge in [0.15, 0.2) is 0 Å². The number of piperidine rings is 1. The molecule has 2 bridgehead atoms. The first-order valence-electron chi connectivity index (χ1n) is 7.63. The minimum Gasteiger partial charge on any atom is -0.484 e. The Balaban J connectivity index is 1.91. The summed E-state index contributed by atoms with van der Waals surface area (Å²) >= 11 is 0. The number of hydrogen-bond acceptors (Lipinski definition) is 2. The normalized spacial score (nSPS) is 35.9. The smallest absolute Gasteiger partial charge is 0.133 e. The van der Waals surface area contributed by atoms with Crippen molar-refractivity contribution in [3.63, 3.8) is 0 Å². The van der Waals surface area contributed by atoms with Crippen molar-refractivity contribution in [2.75, 3.05) is 6.54 Å². The second kappa shape index (κ2) is 3.37. The molecule has 1 unspecified atom stereocenters. The minimum atomic E-state index is 0.129. The van der Waals surface area contributed by atoms with Crippen molar-refractivity contribution < 1.29 is 4.74 Å². The summed E-state index contributed by atoms with van der Waals surface area (Å²) in [5.74, 6) is 1.17. The largest absolute Gasteiger partial charge is 0.484 e. The maximum atomic E-state index is 6.48. The second-order valence-electron chi connectivity index (χ2n) is 6.71. The maximum Gasteiger partial charge on any atom is 0.133 e. The number of ether oxygens (including phenoxy) is 1. The SMILES string of the molecule is CC1=CC=C2C3Cc4ccc(C)c5c4[C@@]2(CCN3)[C@H]1O5. The number of hydrogen-bond donors (Lipinski definition) is 1. The lowest BCUT2D eigenvalue weighted by Crippen LogP contribution is -2.57. The van der Waals surface area contributed by atoms with Crippen LogP contribution in [0.3, 0.4) is 0 Å². The van der Waals surface area contributed by atoms with E-state index < -0.39 is 0 Å². The fraction of sp³-hybridized carbons (Fsp3) is 0.444. The Kier molecular flexibility index (Phi) is 1.88. The molecule has 2 aliphatic carbocycles. The Labute approximate surface area is 119 Å². The zero-order chi connectivity index (χ0) is 13.5. The Bertz CT molecular complexity index is 700. The van der Waals surface area contributed by atoms with Crippen LogP contribution in [-0.2, 0) is 11.8 Å². The van der Waals surface area contributed by atoms with E-state index in [0.717, 1.165) is 19.4 Å². The van der Waals surface area contributed by atoms with Gasteiger partial charge in [0, 0.05) is 11.6 Å². The van der Waals surface area contributed by atoms with Gasteiger partial charge >= 0.3 is 0 Å². The first-order valence-corrected chi connectivity index (χ1v) is 7.63. The maximum absolute atomic E-state index is 6.48. The van der Waals surface area contributed by atoms with Crippen molar-refractivity contribution >= 4 is 0 Å². The van der Waals surface area contributed by atoms with Crippen molar-refractivity contribution in [3.05, 3.63) is 52.1 Å². The van der Waals surface area contributed by atoms with Crippen LogP contribution in [-0.4, -0.2) is 18.7 Å². The Morgan fingerprint density at radius 3 is 3.05 bits per heavy atom. The number of rotatable bonds is 0. The second-order valence-corrected chi connectivity index (χ2v) is 6.71. The van der Waals surface area contributed by atoms with Crippen LogP contribution in [0.4, 0.5) is 0 Å². The topological polar surface area (TPSA) is 21.3 Å². The molecule has 0 aromatic heterocycles. The van der Waals surface area contributed by atoms with Gasteiger partial charge < -0.3 is 10.1 Å². The van der Waals surface area contributed by atoms with Crippen molar-refractivity contribution in [2.45, 2.75) is 44.2 Å². The van der Waals surface area contributed by atoms with Crippen LogP contribution in [0.15, 0.2) is 35.4 Å². The molecule has 1 N–H and O–H groups in total. The van der Waals surface area contributed by atoms with Gasteiger partial charge in [-0.15, -0.1) is 0 Å². The molecule has 2 aliphatic heterocycles. The molecule has 102 valence electrons. The predicted molar refractivity (Wildman–Crippen MR) is 79.2 cm³/mol. The number of allylic oxidation sites excluding steroid dienone is 2. The molecular weight excluding hydrogens is 246 g/mol. The summed E-state index contributed by atoms with van der Waals surface area (Å²) in [6.07, 6.45) is 7.13. The molecule has 1 saturated heterocycles. The van der Waals surface area contributed by atoms with Gasteiger partial charge in [-0.3, -0.25) is 0 Å². The Morgan fingerprint density at radius 2 is 2.15 bits per heavy atom. The Hall–Kier alpha value is -1.54. The first kappa shape index (κ1) is 11.2. The van der Waals surface area contributed by atoms with Gasteiger partial charge in [-0.2, -0.15) is 0 Å². The lowest BCUT2D eigenvalue weighted by molar-refractivity contribution is 0.165. The molecule has 2 heterocycles. The van der Waals surface area contributed by atoms with Crippen LogP contribution < -0.4 is 10.1 Å². The molecule has 3 atom stereocenters. The van der Waals surface area contributed by atoms with Crippen LogP contribution in [0, 0.1) is 6.92 Å². The summed E-state index contributed by atoms with van der Waals surface area (Å²) in [7, 11) is 0. The van der Waals surface area contributed by atoms with Crippen LogP contribution in [0.5, 0.6) is 5.75 Å². The van der Waals surface area contributed by atoms with Gasteiger partial charge in [-0.1, -0.05) is 24.3 Å². The average Bonchev–Trinajstić information content (AvgIpc) is 2.78. The lowest BCUT2D eigenvalue weighted by Gasteiger charge is -2.50. The third-order valence-electron chi connectivity index (χ3n) is 5.73. The Morgan fingerprint density at radius 1 is 1.25 bits per heavy atom. The van der Waals surface area contributed by atoms with Crippen molar-refractivity contribution in [3.8, 4) is 5.75 Å². The van der Waals surface area contributed by atoms with E-state index in [-0.39, 0.29) is 11.5 Å². The summed E-state index contributed by atoms with van der Waals surface area (Å²) < 4.78 is 6.48. The molecule has 4 aliphatic rings. The van der Waals surface area contributed by atoms with Gasteiger partial charge in [0.1, 0.15) is 11.9 Å². The molecule has 20 heavy (non-hydrogen) atoms. The molecule has 2 nitrogen and oxygen atoms in total. The third-order valence-corrected chi connectivity index (χ3v) is 5.73. The molecule has 1 aromatic carbocycles. The highest BCUT2D eigenvalue weighted by atomic mass is 16.5. The first-order chi connectivity index (χ1) is 9.72. The molecule has 0 radical (unpaired) electrons. The summed E-state index contributed by atoms with van der Waals surface area (Å²) in [6.45, 7) is 5.50. The molecule has 0 amide bonds. The highest BCUT2D eigenvalue weighted by molar-refractivity contribution is 5.66. The highest BCUT2D eigenvalue weighted by Gasteiger charge is 2.59. The van der Waals surface area contributed by atoms with E-state index in [2.05, 4.69) is 43.4 Å². The van der Waals surface area contributed by atoms with Crippen molar-refractivity contribution in [1.29, 1.82) is 0 Å². The van der Waals surface area contributed by atoms with Gasteiger partial charge in [0.25, 0.3) is 0 Å². The van der Waals surface area contributed by atoms with Gasteiger partial charge in [-0.05, 0) is 55.5 Å². The van der Waals surface area contributed by atoms with Gasteiger partial charge in [0.05, 0.1) is 5.41 Å². The molecular formula is C18H19NO. The number of nitrogens with one attached hydrogen (secondary N) is 1. The summed E-state index contributed by atoms with van der Waals surface area (Å²) in [6, 6.07) is 5.05. The summed E-state index contributed by atoms with van der Waals surface area (Å²) in [5, 5.41) is 3.71. The van der Waals surface area contributed by atoms with Crippen LogP contribution in [0.25, 0.3) is 0 Å². The van der Waals surface area contributed by atoms with E-state index in [1.165, 1.54) is 28.0 Å². The standard InChI is InChI=1S/C18H19NO/c1-10-3-5-12-9-14-13-6-4-11(2)17-18(13,7-8-19-14)15(12)16(10)20-17/h3-6,14,17,19H,7-9H2,1-2H3/t14?,17-,18-/m0/s1. The number of benzene rings is 1. The van der Waals surface area contributed by atoms with Crippen molar-refractivity contribution in [1.82, 2.24) is 5.32 Å². The molecule has 1 fully saturated rings. The summed E-state index contributed by atoms with van der Waals surface area (Å²) in [5.41, 5.74) is 7.37. The fourth-order valence-electron chi connectivity index (χ4n) is 4.91. The molecule has 0 saturated carbocycles. The van der Waals surface area contributed by atoms with Gasteiger partial charge in [-0.25, -0.2) is 0 Å². The van der Waals surface area contributed by atoms with Crippen LogP contribution in [0.2, 0.25) is 0 Å². The number of aryl methyl sites for hydroxylation is 1. The van der Waals surface area contributed by atoms with E-state index in [0.29, 0.717) is 6.04 Å². The van der Waals surface area contributed by atoms with E-state index in [9.17, 15) is 0 Å². The quantitative estimate of drug-likeness (QED) is 0.779. The molecule has 2 heteroatoms. The predicted octanol–water partition coefficient (Wildman–Crippen LogP) is 2.80. The fourth-order valence-corrected chi connectivity index (χ4v) is 4.91. The minimum absolute atomic E-state index is 0.129. The van der Waals surface area contributed by atoms with Crippen LogP contribution >= 0.6 is 0 Å². The molecule has 1 spiro atoms. The van der Waals surface area contributed by atoms with E-state index in [1.54, 1.807) is 5.57 Å². The van der Waals surface area contributed by atoms with E-state index in [4.69, 9.17) is 4.74 Å². The van der Waals surface area contributed by atoms with E-state index >= 15 is 0 Å². The van der Waals surface area contributed by atoms with E-state index in [1.807, 2.05) is 0 Å². The zero-order valence-electron chi connectivity index (χ0n) is 12.0.